The highest BCUT2D eigenvalue weighted by atomic mass is 15.2. The first-order valence-corrected chi connectivity index (χ1v) is 15.5. The van der Waals surface area contributed by atoms with Crippen LogP contribution in [0.3, 0.4) is 0 Å². The molecular weight excluding hydrogens is 597 g/mol. The van der Waals surface area contributed by atoms with Gasteiger partial charge in [0, 0.05) is 38.8 Å². The van der Waals surface area contributed by atoms with Gasteiger partial charge in [0.25, 0.3) is 0 Å². The molecule has 0 aliphatic heterocycles. The maximum atomic E-state index is 9.97. The van der Waals surface area contributed by atoms with Crippen molar-refractivity contribution in [3.63, 3.8) is 0 Å². The lowest BCUT2D eigenvalue weighted by Gasteiger charge is -2.11. The molecule has 0 radical (unpaired) electrons. The molecule has 49 heavy (non-hydrogen) atoms. The fourth-order valence-corrected chi connectivity index (χ4v) is 6.55. The summed E-state index contributed by atoms with van der Waals surface area (Å²) in [6, 6.07) is 15.5. The highest BCUT2D eigenvalue weighted by molar-refractivity contribution is 6.19. The Hall–Kier alpha value is -6.52. The number of aromatic nitrogens is 4. The zero-order chi connectivity index (χ0) is 44.7. The van der Waals surface area contributed by atoms with Gasteiger partial charge in [-0.05, 0) is 77.1 Å². The third-order valence-electron chi connectivity index (χ3n) is 8.77. The zero-order valence-corrected chi connectivity index (χ0v) is 25.8. The van der Waals surface area contributed by atoms with Crippen molar-refractivity contribution in [3.8, 4) is 33.9 Å². The smallest absolute Gasteiger partial charge is 0.235 e. The normalized spacial score (nSPS) is 15.8. The molecule has 0 unspecified atom stereocenters. The van der Waals surface area contributed by atoms with Gasteiger partial charge in [0.2, 0.25) is 5.95 Å². The van der Waals surface area contributed by atoms with E-state index in [-0.39, 0.29) is 73.3 Å². The van der Waals surface area contributed by atoms with E-state index in [1.54, 1.807) is 12.3 Å². The quantitative estimate of drug-likeness (QED) is 0.192. The van der Waals surface area contributed by atoms with Gasteiger partial charge in [-0.3, -0.25) is 4.57 Å². The molecule has 0 spiro atoms. The van der Waals surface area contributed by atoms with Crippen LogP contribution in [0.25, 0.3) is 88.4 Å². The van der Waals surface area contributed by atoms with Crippen LogP contribution < -0.4 is 0 Å². The number of para-hydroxylation sites is 2. The maximum Gasteiger partial charge on any atom is 0.235 e. The fourth-order valence-electron chi connectivity index (χ4n) is 6.55. The first kappa shape index (κ1) is 17.0. The van der Waals surface area contributed by atoms with E-state index in [9.17, 15) is 5.48 Å². The van der Waals surface area contributed by atoms with Crippen molar-refractivity contribution >= 4 is 54.5 Å². The van der Waals surface area contributed by atoms with E-state index in [0.29, 0.717) is 10.9 Å². The lowest BCUT2D eigenvalue weighted by molar-refractivity contribution is 1.01. The topological polar surface area (TPSA) is 35.6 Å². The lowest BCUT2D eigenvalue weighted by atomic mass is 9.98. The molecule has 0 N–H and O–H groups in total. The molecule has 0 saturated heterocycles. The molecule has 3 aromatic heterocycles. The van der Waals surface area contributed by atoms with E-state index < -0.39 is 72.2 Å². The minimum atomic E-state index is -0.737. The molecular formula is C45H30N4. The third-order valence-corrected chi connectivity index (χ3v) is 8.77. The summed E-state index contributed by atoms with van der Waals surface area (Å²) in [5.41, 5.74) is 3.19. The van der Waals surface area contributed by atoms with E-state index in [4.69, 9.17) is 23.7 Å². The molecule has 0 atom stereocenters. The molecule has 0 bridgehead atoms. The monoisotopic (exact) mass is 640 g/mol. The number of nitrogens with zero attached hydrogens (tertiary/aromatic N) is 4. The van der Waals surface area contributed by atoms with Crippen molar-refractivity contribution in [2.24, 2.45) is 0 Å². The first-order valence-electron chi connectivity index (χ1n) is 22.5. The van der Waals surface area contributed by atoms with Gasteiger partial charge in [0.15, 0.2) is 0 Å². The Morgan fingerprint density at radius 1 is 0.510 bits per heavy atom. The standard InChI is InChI=1S/C45H30N4/c1-29-19-24-36-38-26-43-37(35-15-8-9-18-41(35)48(43)33-13-6-3-7-14-33)27-44(38)49(42(36)25-29)45-46-28-39-34(16-10-17-40(39)47-45)32-22-20-31(21-23-32)30-11-4-2-5-12-30/h2-28H,1H3/i3D,6D,7D,8D,9D,13D,14D,15D,18D,19D,24D,25D,26D,27D. The van der Waals surface area contributed by atoms with E-state index in [1.165, 1.54) is 11.5 Å². The SMILES string of the molecule is [2H]c1c([2H])c([2H])c(-n2c3c([2H])c([2H])c([2H])c([2H])c3c3c([2H])c4c(c([2H])c32)c2c([2H])c([2H])c(C)c([2H])c2n4-c2ncc3c(-c4ccc(-c5ccccc5)cc4)cccc3n2)c([2H])c1[2H]. The minimum Gasteiger partial charge on any atom is -0.309 e. The summed E-state index contributed by atoms with van der Waals surface area (Å²) >= 11 is 0. The maximum absolute atomic E-state index is 9.97. The predicted octanol–water partition coefficient (Wildman–Crippen LogP) is 11.5. The van der Waals surface area contributed by atoms with Gasteiger partial charge in [-0.25, -0.2) is 9.97 Å². The van der Waals surface area contributed by atoms with Crippen LogP contribution in [0.4, 0.5) is 0 Å². The second kappa shape index (κ2) is 10.8. The highest BCUT2D eigenvalue weighted by Crippen LogP contribution is 2.40. The number of hydrogen-bond donors (Lipinski definition) is 0. The summed E-state index contributed by atoms with van der Waals surface area (Å²) in [4.78, 5) is 9.72. The third kappa shape index (κ3) is 4.31. The molecule has 0 fully saturated rings. The molecule has 3 heterocycles. The molecule has 0 amide bonds. The predicted molar refractivity (Wildman–Crippen MR) is 204 cm³/mol. The largest absolute Gasteiger partial charge is 0.309 e. The molecule has 0 aliphatic rings. The number of rotatable bonds is 4. The van der Waals surface area contributed by atoms with Crippen molar-refractivity contribution in [2.75, 3.05) is 0 Å². The average molecular weight is 641 g/mol. The van der Waals surface area contributed by atoms with Crippen LogP contribution >= 0.6 is 0 Å². The molecule has 10 aromatic rings. The zero-order valence-electron chi connectivity index (χ0n) is 39.8. The molecule has 230 valence electrons. The van der Waals surface area contributed by atoms with Crippen LogP contribution in [0.15, 0.2) is 164 Å². The summed E-state index contributed by atoms with van der Waals surface area (Å²) < 4.78 is 128. The Kier molecular flexibility index (Phi) is 3.74. The van der Waals surface area contributed by atoms with Crippen LogP contribution in [0, 0.1) is 6.92 Å². The Labute approximate surface area is 302 Å². The van der Waals surface area contributed by atoms with Crippen molar-refractivity contribution in [1.29, 1.82) is 0 Å². The minimum absolute atomic E-state index is 0.00530. The molecule has 4 nitrogen and oxygen atoms in total. The van der Waals surface area contributed by atoms with Gasteiger partial charge >= 0.3 is 0 Å². The van der Waals surface area contributed by atoms with Gasteiger partial charge in [0.1, 0.15) is 0 Å². The van der Waals surface area contributed by atoms with Gasteiger partial charge in [-0.15, -0.1) is 0 Å². The molecule has 4 heteroatoms. The Morgan fingerprint density at radius 3 is 2.00 bits per heavy atom. The number of hydrogen-bond acceptors (Lipinski definition) is 2. The first-order chi connectivity index (χ1) is 30.1. The summed E-state index contributed by atoms with van der Waals surface area (Å²) in [5, 5.41) is 0.000409. The number of benzene rings is 7. The van der Waals surface area contributed by atoms with E-state index in [1.807, 2.05) is 66.7 Å². The Balaban J connectivity index is 1.35. The van der Waals surface area contributed by atoms with E-state index in [2.05, 4.69) is 0 Å². The van der Waals surface area contributed by atoms with Gasteiger partial charge < -0.3 is 4.57 Å². The van der Waals surface area contributed by atoms with Crippen LogP contribution in [0.1, 0.15) is 24.8 Å². The average Bonchev–Trinajstić information content (AvgIpc) is 3.85. The highest BCUT2D eigenvalue weighted by Gasteiger charge is 2.20. The summed E-state index contributed by atoms with van der Waals surface area (Å²) in [5.74, 6) is -0.0485. The summed E-state index contributed by atoms with van der Waals surface area (Å²) in [7, 11) is 0. The van der Waals surface area contributed by atoms with Gasteiger partial charge in [-0.2, -0.15) is 0 Å². The van der Waals surface area contributed by atoms with E-state index >= 15 is 0 Å². The number of fused-ring (bicyclic) bond motifs is 7. The van der Waals surface area contributed by atoms with Crippen LogP contribution in [-0.2, 0) is 0 Å². The van der Waals surface area contributed by atoms with E-state index in [0.717, 1.165) is 26.8 Å². The molecule has 10 rings (SSSR count). The van der Waals surface area contributed by atoms with Crippen molar-refractivity contribution < 1.29 is 19.2 Å². The second-order valence-corrected chi connectivity index (χ2v) is 11.6. The molecule has 0 aliphatic carbocycles. The van der Waals surface area contributed by atoms with Crippen LogP contribution in [0.2, 0.25) is 0 Å². The van der Waals surface area contributed by atoms with Crippen LogP contribution in [0.5, 0.6) is 0 Å². The van der Waals surface area contributed by atoms with Crippen molar-refractivity contribution in [1.82, 2.24) is 19.1 Å². The molecule has 7 aromatic carbocycles. The summed E-state index contributed by atoms with van der Waals surface area (Å²) in [6.07, 6.45) is 1.61. The Morgan fingerprint density at radius 2 is 1.18 bits per heavy atom. The Bertz CT molecular complexity index is 3650. The summed E-state index contributed by atoms with van der Waals surface area (Å²) in [6.45, 7) is 1.51. The van der Waals surface area contributed by atoms with Gasteiger partial charge in [-0.1, -0.05) is 115 Å². The van der Waals surface area contributed by atoms with Gasteiger partial charge in [0.05, 0.1) is 46.8 Å². The van der Waals surface area contributed by atoms with Crippen molar-refractivity contribution in [3.05, 3.63) is 169 Å². The lowest BCUT2D eigenvalue weighted by Crippen LogP contribution is -2.01. The second-order valence-electron chi connectivity index (χ2n) is 11.6. The van der Waals surface area contributed by atoms with Crippen molar-refractivity contribution in [2.45, 2.75) is 6.92 Å². The molecule has 0 saturated carbocycles. The van der Waals surface area contributed by atoms with Crippen LogP contribution in [-0.4, -0.2) is 19.1 Å². The fraction of sp³-hybridized carbons (Fsp3) is 0.0222.